The van der Waals surface area contributed by atoms with Crippen molar-refractivity contribution in [2.45, 2.75) is 19.3 Å². The van der Waals surface area contributed by atoms with Crippen LogP contribution in [0.4, 0.5) is 5.69 Å². The highest BCUT2D eigenvalue weighted by Gasteiger charge is 2.23. The van der Waals surface area contributed by atoms with E-state index in [0.29, 0.717) is 23.7 Å². The fourth-order valence-corrected chi connectivity index (χ4v) is 2.68. The van der Waals surface area contributed by atoms with Gasteiger partial charge in [-0.25, -0.2) is 9.59 Å². The molecule has 1 aliphatic rings. The zero-order chi connectivity index (χ0) is 20.4. The number of likely N-dealkylation sites (tertiary alicyclic amines) is 1. The van der Waals surface area contributed by atoms with Crippen LogP contribution in [0.25, 0.3) is 0 Å². The maximum Gasteiger partial charge on any atom is 0.414 e. The number of benzene rings is 1. The van der Waals surface area contributed by atoms with Crippen LogP contribution < -0.4 is 11.1 Å². The van der Waals surface area contributed by atoms with Crippen molar-refractivity contribution in [2.75, 3.05) is 25.0 Å². The van der Waals surface area contributed by atoms with Gasteiger partial charge >= 0.3 is 11.9 Å². The van der Waals surface area contributed by atoms with Crippen LogP contribution in [0.15, 0.2) is 24.3 Å². The van der Waals surface area contributed by atoms with E-state index in [1.807, 2.05) is 6.07 Å². The van der Waals surface area contributed by atoms with E-state index in [1.54, 1.807) is 18.2 Å². The Hall–Kier alpha value is -2.65. The summed E-state index contributed by atoms with van der Waals surface area (Å²) >= 11 is 5.87. The van der Waals surface area contributed by atoms with Gasteiger partial charge in [0.2, 0.25) is 11.8 Å². The van der Waals surface area contributed by atoms with Crippen LogP contribution in [-0.2, 0) is 19.2 Å². The fraction of sp³-hybridized carbons (Fsp3) is 0.412. The van der Waals surface area contributed by atoms with Gasteiger partial charge in [-0.05, 0) is 44.1 Å². The highest BCUT2D eigenvalue weighted by atomic mass is 35.5. The molecule has 0 bridgehead atoms. The number of nitrogens with zero attached hydrogens (tertiary/aromatic N) is 1. The Labute approximate surface area is 161 Å². The second-order valence-electron chi connectivity index (χ2n) is 5.94. The Morgan fingerprint density at radius 1 is 1.15 bits per heavy atom. The van der Waals surface area contributed by atoms with E-state index in [-0.39, 0.29) is 17.7 Å². The molecular formula is C17H22ClN3O6. The summed E-state index contributed by atoms with van der Waals surface area (Å²) in [6.45, 7) is 2.33. The summed E-state index contributed by atoms with van der Waals surface area (Å²) in [5.41, 5.74) is 6.01. The first kappa shape index (κ1) is 22.4. The lowest BCUT2D eigenvalue weighted by atomic mass is 9.96. The van der Waals surface area contributed by atoms with Gasteiger partial charge in [0.25, 0.3) is 0 Å². The van der Waals surface area contributed by atoms with Crippen LogP contribution in [0.5, 0.6) is 0 Å². The molecule has 1 fully saturated rings. The van der Waals surface area contributed by atoms with Crippen molar-refractivity contribution in [1.82, 2.24) is 4.90 Å². The normalized spacial score (nSPS) is 14.6. The molecule has 9 nitrogen and oxygen atoms in total. The number of halogens is 1. The van der Waals surface area contributed by atoms with Crippen molar-refractivity contribution in [3.05, 3.63) is 29.3 Å². The number of nitrogens with two attached hydrogens (primary N) is 1. The zero-order valence-corrected chi connectivity index (χ0v) is 15.3. The van der Waals surface area contributed by atoms with E-state index in [4.69, 9.17) is 37.1 Å². The smallest absolute Gasteiger partial charge is 0.414 e. The van der Waals surface area contributed by atoms with Crippen LogP contribution in [-0.4, -0.2) is 58.5 Å². The molecule has 27 heavy (non-hydrogen) atoms. The lowest BCUT2D eigenvalue weighted by Gasteiger charge is -2.30. The van der Waals surface area contributed by atoms with Crippen LogP contribution in [0.1, 0.15) is 19.3 Å². The summed E-state index contributed by atoms with van der Waals surface area (Å²) in [5.74, 6) is -3.91. The molecule has 0 saturated carbocycles. The average Bonchev–Trinajstić information content (AvgIpc) is 2.61. The summed E-state index contributed by atoms with van der Waals surface area (Å²) in [4.78, 5) is 43.4. The number of anilines is 1. The van der Waals surface area contributed by atoms with Crippen molar-refractivity contribution in [2.24, 2.45) is 11.7 Å². The molecule has 0 radical (unpaired) electrons. The number of primary amides is 1. The summed E-state index contributed by atoms with van der Waals surface area (Å²) in [7, 11) is 0. The van der Waals surface area contributed by atoms with Crippen LogP contribution in [0, 0.1) is 5.92 Å². The summed E-state index contributed by atoms with van der Waals surface area (Å²) < 4.78 is 0. The van der Waals surface area contributed by atoms with Crippen LogP contribution >= 0.6 is 11.6 Å². The number of nitrogens with one attached hydrogen (secondary N) is 1. The van der Waals surface area contributed by atoms with Crippen LogP contribution in [0.2, 0.25) is 5.02 Å². The third-order valence-electron chi connectivity index (χ3n) is 3.94. The minimum atomic E-state index is -1.82. The van der Waals surface area contributed by atoms with Gasteiger partial charge in [0, 0.05) is 29.6 Å². The highest BCUT2D eigenvalue weighted by molar-refractivity contribution is 6.30. The Morgan fingerprint density at radius 2 is 1.74 bits per heavy atom. The minimum absolute atomic E-state index is 0.0125. The molecule has 1 aromatic rings. The summed E-state index contributed by atoms with van der Waals surface area (Å²) in [5, 5.41) is 18.2. The molecule has 0 aromatic heterocycles. The molecule has 1 saturated heterocycles. The van der Waals surface area contributed by atoms with Crippen molar-refractivity contribution in [1.29, 1.82) is 0 Å². The maximum absolute atomic E-state index is 11.9. The van der Waals surface area contributed by atoms with E-state index in [1.165, 1.54) is 0 Å². The molecule has 1 aromatic carbocycles. The van der Waals surface area contributed by atoms with E-state index in [2.05, 4.69) is 10.2 Å². The standard InChI is InChI=1S/C15H20ClN3O2.C2H2O4/c16-12-2-1-3-13(10-12)18-14(20)6-9-19-7-4-11(5-8-19)15(17)21;3-1(4)2(5)6/h1-3,10-11H,4-9H2,(H2,17,21)(H,18,20);(H,3,4)(H,5,6). The van der Waals surface area contributed by atoms with E-state index < -0.39 is 11.9 Å². The first-order chi connectivity index (χ1) is 12.7. The Bertz CT molecular complexity index is 677. The van der Waals surface area contributed by atoms with E-state index in [0.717, 1.165) is 25.9 Å². The molecular weight excluding hydrogens is 378 g/mol. The summed E-state index contributed by atoms with van der Waals surface area (Å²) in [6.07, 6.45) is 1.99. The number of carbonyl (C=O) groups is 4. The predicted molar refractivity (Wildman–Crippen MR) is 98.3 cm³/mol. The molecule has 1 aliphatic heterocycles. The number of piperidine rings is 1. The molecule has 0 unspecified atom stereocenters. The molecule has 1 heterocycles. The van der Waals surface area contributed by atoms with Crippen molar-refractivity contribution in [3.63, 3.8) is 0 Å². The van der Waals surface area contributed by atoms with Gasteiger partial charge < -0.3 is 26.2 Å². The number of carboxylic acid groups (broad SMARTS) is 2. The average molecular weight is 400 g/mol. The minimum Gasteiger partial charge on any atom is -0.473 e. The Balaban J connectivity index is 0.000000527. The number of amides is 2. The lowest BCUT2D eigenvalue weighted by molar-refractivity contribution is -0.159. The molecule has 2 amide bonds. The maximum atomic E-state index is 11.9. The number of rotatable bonds is 5. The largest absolute Gasteiger partial charge is 0.473 e. The Kier molecular flexibility index (Phi) is 9.24. The lowest BCUT2D eigenvalue weighted by Crippen LogP contribution is -2.39. The second-order valence-corrected chi connectivity index (χ2v) is 6.37. The number of hydrogen-bond donors (Lipinski definition) is 4. The van der Waals surface area contributed by atoms with Crippen LogP contribution in [0.3, 0.4) is 0 Å². The number of carbonyl (C=O) groups excluding carboxylic acids is 2. The molecule has 2 rings (SSSR count). The van der Waals surface area contributed by atoms with Gasteiger partial charge in [-0.15, -0.1) is 0 Å². The van der Waals surface area contributed by atoms with E-state index >= 15 is 0 Å². The number of hydrogen-bond acceptors (Lipinski definition) is 5. The molecule has 5 N–H and O–H groups in total. The number of aliphatic carboxylic acids is 2. The quantitative estimate of drug-likeness (QED) is 0.539. The van der Waals surface area contributed by atoms with Gasteiger partial charge in [0.15, 0.2) is 0 Å². The predicted octanol–water partition coefficient (Wildman–Crippen LogP) is 1.02. The molecule has 10 heteroatoms. The third-order valence-corrected chi connectivity index (χ3v) is 4.17. The monoisotopic (exact) mass is 399 g/mol. The first-order valence-corrected chi connectivity index (χ1v) is 8.60. The van der Waals surface area contributed by atoms with Crippen molar-refractivity contribution < 1.29 is 29.4 Å². The van der Waals surface area contributed by atoms with Crippen molar-refractivity contribution in [3.8, 4) is 0 Å². The van der Waals surface area contributed by atoms with Gasteiger partial charge in [0.05, 0.1) is 0 Å². The SMILES string of the molecule is NC(=O)C1CCN(CCC(=O)Nc2cccc(Cl)c2)CC1.O=C(O)C(=O)O. The highest BCUT2D eigenvalue weighted by Crippen LogP contribution is 2.17. The zero-order valence-electron chi connectivity index (χ0n) is 14.6. The molecule has 0 atom stereocenters. The number of carboxylic acids is 2. The van der Waals surface area contributed by atoms with Gasteiger partial charge in [-0.1, -0.05) is 17.7 Å². The topological polar surface area (TPSA) is 150 Å². The Morgan fingerprint density at radius 3 is 2.22 bits per heavy atom. The first-order valence-electron chi connectivity index (χ1n) is 8.22. The van der Waals surface area contributed by atoms with Gasteiger partial charge in [-0.2, -0.15) is 0 Å². The fourth-order valence-electron chi connectivity index (χ4n) is 2.49. The van der Waals surface area contributed by atoms with E-state index in [9.17, 15) is 9.59 Å². The van der Waals surface area contributed by atoms with Gasteiger partial charge in [-0.3, -0.25) is 9.59 Å². The molecule has 0 aliphatic carbocycles. The van der Waals surface area contributed by atoms with Gasteiger partial charge in [0.1, 0.15) is 0 Å². The second kappa shape index (κ2) is 11.1. The molecule has 0 spiro atoms. The van der Waals surface area contributed by atoms with Crippen molar-refractivity contribution >= 4 is 41.0 Å². The molecule has 148 valence electrons. The third kappa shape index (κ3) is 9.02. The summed E-state index contributed by atoms with van der Waals surface area (Å²) in [6, 6.07) is 7.09.